The largest absolute Gasteiger partial charge is 0.465 e. The van der Waals surface area contributed by atoms with Gasteiger partial charge in [0.1, 0.15) is 4.90 Å². The van der Waals surface area contributed by atoms with Gasteiger partial charge in [0.05, 0.1) is 24.0 Å². The van der Waals surface area contributed by atoms with Crippen LogP contribution in [0.5, 0.6) is 0 Å². The number of halogens is 1. The van der Waals surface area contributed by atoms with Crippen LogP contribution in [0.25, 0.3) is 0 Å². The van der Waals surface area contributed by atoms with E-state index in [4.69, 9.17) is 4.74 Å². The summed E-state index contributed by atoms with van der Waals surface area (Å²) in [4.78, 5) is 25.3. The number of nitrogens with zero attached hydrogens (tertiary/aromatic N) is 1. The third-order valence-corrected chi connectivity index (χ3v) is 6.08. The number of rotatable bonds is 4. The minimum absolute atomic E-state index is 0.0285. The van der Waals surface area contributed by atoms with E-state index in [1.165, 1.54) is 37.1 Å². The van der Waals surface area contributed by atoms with Crippen LogP contribution in [0.15, 0.2) is 45.8 Å². The van der Waals surface area contributed by atoms with Gasteiger partial charge in [0.25, 0.3) is 10.0 Å². The Labute approximate surface area is 165 Å². The van der Waals surface area contributed by atoms with Crippen molar-refractivity contribution in [1.29, 1.82) is 0 Å². The summed E-state index contributed by atoms with van der Waals surface area (Å²) in [5.74, 6) is -0.888. The Kier molecular flexibility index (Phi) is 5.25. The summed E-state index contributed by atoms with van der Waals surface area (Å²) in [6, 6.07) is 9.42. The maximum Gasteiger partial charge on any atom is 0.339 e. The van der Waals surface area contributed by atoms with E-state index in [0.29, 0.717) is 23.1 Å². The summed E-state index contributed by atoms with van der Waals surface area (Å²) in [5.41, 5.74) is 1.33. The van der Waals surface area contributed by atoms with E-state index in [1.54, 1.807) is 18.2 Å². The molecule has 0 saturated heterocycles. The van der Waals surface area contributed by atoms with Crippen LogP contribution in [0.3, 0.4) is 0 Å². The number of carbonyl (C=O) groups is 2. The lowest BCUT2D eigenvalue weighted by molar-refractivity contribution is -0.116. The molecule has 0 aliphatic carbocycles. The topological polar surface area (TPSA) is 92.8 Å². The lowest BCUT2D eigenvalue weighted by Gasteiger charge is -2.20. The highest BCUT2D eigenvalue weighted by molar-refractivity contribution is 9.10. The Hall–Kier alpha value is -2.39. The Bertz CT molecular complexity index is 1040. The van der Waals surface area contributed by atoms with Gasteiger partial charge in [-0.15, -0.1) is 0 Å². The predicted octanol–water partition coefficient (Wildman–Crippen LogP) is 2.95. The van der Waals surface area contributed by atoms with Crippen molar-refractivity contribution in [3.8, 4) is 0 Å². The average Bonchev–Trinajstić information content (AvgIpc) is 3.04. The molecule has 1 heterocycles. The monoisotopic (exact) mass is 452 g/mol. The molecule has 1 aliphatic rings. The van der Waals surface area contributed by atoms with Crippen LogP contribution in [0, 0.1) is 0 Å². The number of methoxy groups -OCH3 is 1. The van der Waals surface area contributed by atoms with Crippen LogP contribution in [-0.2, 0) is 26.0 Å². The van der Waals surface area contributed by atoms with Crippen molar-refractivity contribution in [2.75, 3.05) is 23.3 Å². The summed E-state index contributed by atoms with van der Waals surface area (Å²) < 4.78 is 34.0. The van der Waals surface area contributed by atoms with Crippen molar-refractivity contribution in [2.45, 2.75) is 18.2 Å². The number of benzene rings is 2. The van der Waals surface area contributed by atoms with Crippen molar-refractivity contribution in [3.05, 3.63) is 52.0 Å². The number of amides is 1. The summed E-state index contributed by atoms with van der Waals surface area (Å²) in [6.07, 6.45) is 0.565. The zero-order chi connectivity index (χ0) is 19.8. The molecule has 7 nitrogen and oxygen atoms in total. The van der Waals surface area contributed by atoms with E-state index in [1.807, 2.05) is 0 Å². The van der Waals surface area contributed by atoms with Gasteiger partial charge >= 0.3 is 5.97 Å². The average molecular weight is 453 g/mol. The van der Waals surface area contributed by atoms with E-state index in [0.717, 1.165) is 5.56 Å². The predicted molar refractivity (Wildman–Crippen MR) is 104 cm³/mol. The molecule has 0 spiro atoms. The van der Waals surface area contributed by atoms with Gasteiger partial charge in [0.15, 0.2) is 0 Å². The van der Waals surface area contributed by atoms with Crippen molar-refractivity contribution < 1.29 is 22.7 Å². The molecule has 0 atom stereocenters. The van der Waals surface area contributed by atoms with Crippen LogP contribution < -0.4 is 9.62 Å². The van der Waals surface area contributed by atoms with Gasteiger partial charge in [-0.1, -0.05) is 28.1 Å². The van der Waals surface area contributed by atoms with Crippen LogP contribution >= 0.6 is 15.9 Å². The molecule has 1 aliphatic heterocycles. The third kappa shape index (κ3) is 3.70. The number of nitrogens with one attached hydrogen (secondary N) is 1. The van der Waals surface area contributed by atoms with Crippen LogP contribution in [0.2, 0.25) is 0 Å². The van der Waals surface area contributed by atoms with Crippen molar-refractivity contribution in [3.63, 3.8) is 0 Å². The molecule has 3 rings (SSSR count). The quantitative estimate of drug-likeness (QED) is 0.719. The fraction of sp³-hybridized carbons (Fsp3) is 0.222. The summed E-state index contributed by atoms with van der Waals surface area (Å²) in [5, 5.41) is 0. The lowest BCUT2D eigenvalue weighted by atomic mass is 10.2. The highest BCUT2D eigenvalue weighted by atomic mass is 79.9. The highest BCUT2D eigenvalue weighted by Crippen LogP contribution is 2.38. The number of anilines is 2. The summed E-state index contributed by atoms with van der Waals surface area (Å²) in [6.45, 7) is 1.82. The van der Waals surface area contributed by atoms with Gasteiger partial charge in [0, 0.05) is 17.9 Å². The van der Waals surface area contributed by atoms with Crippen molar-refractivity contribution in [1.82, 2.24) is 0 Å². The van der Waals surface area contributed by atoms with E-state index in [2.05, 4.69) is 20.7 Å². The first kappa shape index (κ1) is 19.4. The standard InChI is InChI=1S/C18H17BrN2O5S/c1-11(22)21-8-7-12-9-13(19)10-16(17(12)21)27(24,25)20-15-6-4-3-5-14(15)18(23)26-2/h3-6,9-10,20H,7-8H2,1-2H3. The molecular weight excluding hydrogens is 436 g/mol. The first-order valence-corrected chi connectivity index (χ1v) is 10.3. The number of para-hydroxylation sites is 1. The molecule has 0 unspecified atom stereocenters. The molecule has 9 heteroatoms. The van der Waals surface area contributed by atoms with Gasteiger partial charge in [0.2, 0.25) is 5.91 Å². The molecule has 0 aromatic heterocycles. The van der Waals surface area contributed by atoms with E-state index < -0.39 is 16.0 Å². The molecule has 0 bridgehead atoms. The normalized spacial score (nSPS) is 13.2. The second-order valence-corrected chi connectivity index (χ2v) is 8.54. The van der Waals surface area contributed by atoms with Gasteiger partial charge in [-0.25, -0.2) is 13.2 Å². The molecule has 2 aromatic carbocycles. The second kappa shape index (κ2) is 7.32. The number of fused-ring (bicyclic) bond motifs is 1. The molecule has 142 valence electrons. The second-order valence-electron chi connectivity index (χ2n) is 5.97. The van der Waals surface area contributed by atoms with E-state index >= 15 is 0 Å². The first-order valence-electron chi connectivity index (χ1n) is 8.05. The van der Waals surface area contributed by atoms with Gasteiger partial charge in [-0.3, -0.25) is 9.52 Å². The maximum atomic E-state index is 13.1. The zero-order valence-corrected chi connectivity index (χ0v) is 17.1. The van der Waals surface area contributed by atoms with Gasteiger partial charge < -0.3 is 9.64 Å². The maximum absolute atomic E-state index is 13.1. The molecule has 27 heavy (non-hydrogen) atoms. The number of ether oxygens (including phenoxy) is 1. The fourth-order valence-electron chi connectivity index (χ4n) is 3.05. The smallest absolute Gasteiger partial charge is 0.339 e. The number of hydrogen-bond acceptors (Lipinski definition) is 5. The van der Waals surface area contributed by atoms with Crippen LogP contribution in [0.4, 0.5) is 11.4 Å². The number of carbonyl (C=O) groups excluding carboxylic acids is 2. The first-order chi connectivity index (χ1) is 12.7. The Balaban J connectivity index is 2.11. The molecule has 1 N–H and O–H groups in total. The van der Waals surface area contributed by atoms with Crippen molar-refractivity contribution in [2.24, 2.45) is 0 Å². The van der Waals surface area contributed by atoms with E-state index in [-0.39, 0.29) is 22.1 Å². The Morgan fingerprint density at radius 1 is 1.22 bits per heavy atom. The molecule has 1 amide bonds. The SMILES string of the molecule is COC(=O)c1ccccc1NS(=O)(=O)c1cc(Br)cc2c1N(C(C)=O)CC2. The number of esters is 1. The van der Waals surface area contributed by atoms with Gasteiger partial charge in [-0.2, -0.15) is 0 Å². The van der Waals surface area contributed by atoms with Gasteiger partial charge in [-0.05, 0) is 36.2 Å². The number of hydrogen-bond donors (Lipinski definition) is 1. The highest BCUT2D eigenvalue weighted by Gasteiger charge is 2.32. The lowest BCUT2D eigenvalue weighted by Crippen LogP contribution is -2.28. The fourth-order valence-corrected chi connectivity index (χ4v) is 5.06. The molecule has 0 radical (unpaired) electrons. The summed E-state index contributed by atoms with van der Waals surface area (Å²) in [7, 11) is -2.85. The van der Waals surface area contributed by atoms with Crippen LogP contribution in [0.1, 0.15) is 22.8 Å². The number of sulfonamides is 1. The summed E-state index contributed by atoms with van der Waals surface area (Å²) >= 11 is 3.33. The minimum atomic E-state index is -4.07. The van der Waals surface area contributed by atoms with E-state index in [9.17, 15) is 18.0 Å². The molecule has 0 fully saturated rings. The molecule has 0 saturated carbocycles. The Morgan fingerprint density at radius 2 is 1.93 bits per heavy atom. The molecule has 2 aromatic rings. The Morgan fingerprint density at radius 3 is 2.59 bits per heavy atom. The third-order valence-electron chi connectivity index (χ3n) is 4.24. The van der Waals surface area contributed by atoms with Crippen molar-refractivity contribution >= 4 is 49.2 Å². The zero-order valence-electron chi connectivity index (χ0n) is 14.7. The van der Waals surface area contributed by atoms with Crippen LogP contribution in [-0.4, -0.2) is 33.9 Å². The molecular formula is C18H17BrN2O5S. The minimum Gasteiger partial charge on any atom is -0.465 e.